The minimum absolute atomic E-state index is 0.0112. The third-order valence-corrected chi connectivity index (χ3v) is 4.05. The van der Waals surface area contributed by atoms with Gasteiger partial charge in [-0.3, -0.25) is 9.59 Å². The maximum absolute atomic E-state index is 11.8. The van der Waals surface area contributed by atoms with E-state index in [1.165, 1.54) is 0 Å². The second-order valence-electron chi connectivity index (χ2n) is 7.36. The Morgan fingerprint density at radius 3 is 2.18 bits per heavy atom. The van der Waals surface area contributed by atoms with Crippen molar-refractivity contribution in [2.75, 3.05) is 27.2 Å². The first-order valence-electron chi connectivity index (χ1n) is 8.15. The Labute approximate surface area is 136 Å². The minimum atomic E-state index is 0.0112. The van der Waals surface area contributed by atoms with Gasteiger partial charge in [-0.2, -0.15) is 0 Å². The first kappa shape index (κ1) is 20.7. The first-order chi connectivity index (χ1) is 10.00. The van der Waals surface area contributed by atoms with Gasteiger partial charge in [0.25, 0.3) is 0 Å². The van der Waals surface area contributed by atoms with Gasteiger partial charge in [0.2, 0.25) is 11.8 Å². The molecule has 0 aromatic heterocycles. The molecule has 128 valence electrons. The van der Waals surface area contributed by atoms with E-state index < -0.39 is 0 Å². The Bertz CT molecular complexity index is 402. The molecular weight excluding hydrogens is 276 g/mol. The number of carbonyl (C=O) groups excluding carboxylic acids is 2. The fourth-order valence-corrected chi connectivity index (χ4v) is 2.85. The molecule has 0 saturated carbocycles. The van der Waals surface area contributed by atoms with Gasteiger partial charge in [0.05, 0.1) is 0 Å². The van der Waals surface area contributed by atoms with Crippen molar-refractivity contribution in [3.63, 3.8) is 0 Å². The van der Waals surface area contributed by atoms with Crippen LogP contribution in [0.5, 0.6) is 0 Å². The van der Waals surface area contributed by atoms with Crippen LogP contribution in [-0.4, -0.2) is 48.8 Å². The zero-order valence-electron chi connectivity index (χ0n) is 15.5. The third-order valence-electron chi connectivity index (χ3n) is 4.05. The zero-order chi connectivity index (χ0) is 17.5. The molecule has 0 aliphatic rings. The van der Waals surface area contributed by atoms with Gasteiger partial charge in [-0.1, -0.05) is 34.3 Å². The lowest BCUT2D eigenvalue weighted by Crippen LogP contribution is -2.34. The smallest absolute Gasteiger partial charge is 0.248 e. The van der Waals surface area contributed by atoms with Crippen LogP contribution in [0.15, 0.2) is 12.2 Å². The summed E-state index contributed by atoms with van der Waals surface area (Å²) in [5.74, 6) is 0.645. The molecule has 1 atom stereocenters. The predicted octanol–water partition coefficient (Wildman–Crippen LogP) is 3.33. The molecule has 2 amide bonds. The van der Waals surface area contributed by atoms with Gasteiger partial charge in [-0.15, -0.1) is 0 Å². The van der Waals surface area contributed by atoms with Gasteiger partial charge in [0.1, 0.15) is 0 Å². The molecular formula is C18H34N2O2. The van der Waals surface area contributed by atoms with Crippen molar-refractivity contribution in [3.8, 4) is 0 Å². The normalized spacial score (nSPS) is 12.7. The fourth-order valence-electron chi connectivity index (χ4n) is 2.85. The summed E-state index contributed by atoms with van der Waals surface area (Å²) < 4.78 is 0. The average Bonchev–Trinajstić information content (AvgIpc) is 2.41. The third kappa shape index (κ3) is 7.62. The molecule has 0 spiro atoms. The second-order valence-corrected chi connectivity index (χ2v) is 7.36. The van der Waals surface area contributed by atoms with E-state index in [-0.39, 0.29) is 17.2 Å². The molecule has 4 nitrogen and oxygen atoms in total. The summed E-state index contributed by atoms with van der Waals surface area (Å²) in [5, 5.41) is 0. The number of nitrogens with zero attached hydrogens (tertiary/aromatic N) is 2. The summed E-state index contributed by atoms with van der Waals surface area (Å²) in [4.78, 5) is 27.0. The number of rotatable bonds is 9. The van der Waals surface area contributed by atoms with Gasteiger partial charge >= 0.3 is 0 Å². The summed E-state index contributed by atoms with van der Waals surface area (Å²) in [6.07, 6.45) is 2.53. The molecule has 4 heteroatoms. The molecule has 0 aliphatic heterocycles. The maximum atomic E-state index is 11.8. The van der Waals surface area contributed by atoms with Crippen LogP contribution >= 0.6 is 0 Å². The summed E-state index contributed by atoms with van der Waals surface area (Å²) >= 11 is 0. The first-order valence-corrected chi connectivity index (χ1v) is 8.15. The molecule has 0 aromatic carbocycles. The lowest BCUT2D eigenvalue weighted by atomic mass is 9.80. The fraction of sp³-hybridized carbons (Fsp3) is 0.778. The highest BCUT2D eigenvalue weighted by molar-refractivity contribution is 5.91. The van der Waals surface area contributed by atoms with Gasteiger partial charge in [0, 0.05) is 39.2 Å². The minimum Gasteiger partial charge on any atom is -0.346 e. The van der Waals surface area contributed by atoms with E-state index in [4.69, 9.17) is 0 Å². The molecule has 0 rings (SSSR count). The molecule has 0 aromatic rings. The Morgan fingerprint density at radius 2 is 1.73 bits per heavy atom. The number of hydrogen-bond donors (Lipinski definition) is 0. The SMILES string of the molecule is C=C(C)C(=O)N(C)CCC(C)(C)CC(C)CN(C)C(=O)CC. The standard InChI is InChI=1S/C18H34N2O2/c1-9-16(21)20(8)13-15(4)12-18(5,6)10-11-19(7)17(22)14(2)3/h15H,2,9-13H2,1,3-8H3. The molecule has 0 heterocycles. The molecule has 22 heavy (non-hydrogen) atoms. The van der Waals surface area contributed by atoms with Crippen LogP contribution in [0.25, 0.3) is 0 Å². The summed E-state index contributed by atoms with van der Waals surface area (Å²) in [6.45, 7) is 15.5. The van der Waals surface area contributed by atoms with Crippen molar-refractivity contribution < 1.29 is 9.59 Å². The molecule has 1 unspecified atom stereocenters. The van der Waals surface area contributed by atoms with E-state index in [0.29, 0.717) is 17.9 Å². The molecule has 0 radical (unpaired) electrons. The summed E-state index contributed by atoms with van der Waals surface area (Å²) in [7, 11) is 3.69. The molecule has 0 aliphatic carbocycles. The summed E-state index contributed by atoms with van der Waals surface area (Å²) in [6, 6.07) is 0. The molecule has 0 N–H and O–H groups in total. The lowest BCUT2D eigenvalue weighted by Gasteiger charge is -2.32. The second kappa shape index (κ2) is 8.96. The Balaban J connectivity index is 4.36. The monoisotopic (exact) mass is 310 g/mol. The highest BCUT2D eigenvalue weighted by Gasteiger charge is 2.24. The predicted molar refractivity (Wildman–Crippen MR) is 92.6 cm³/mol. The van der Waals surface area contributed by atoms with Crippen molar-refractivity contribution >= 4 is 11.8 Å². The van der Waals surface area contributed by atoms with Crippen LogP contribution < -0.4 is 0 Å². The Morgan fingerprint density at radius 1 is 1.18 bits per heavy atom. The molecule has 0 bridgehead atoms. The van der Waals surface area contributed by atoms with E-state index in [1.54, 1.807) is 11.8 Å². The van der Waals surface area contributed by atoms with Crippen LogP contribution in [0.4, 0.5) is 0 Å². The van der Waals surface area contributed by atoms with Crippen LogP contribution in [0.3, 0.4) is 0 Å². The number of carbonyl (C=O) groups is 2. The van der Waals surface area contributed by atoms with E-state index in [0.717, 1.165) is 25.9 Å². The van der Waals surface area contributed by atoms with Gasteiger partial charge in [-0.25, -0.2) is 0 Å². The lowest BCUT2D eigenvalue weighted by molar-refractivity contribution is -0.130. The van der Waals surface area contributed by atoms with Crippen molar-refractivity contribution in [2.45, 2.75) is 53.9 Å². The van der Waals surface area contributed by atoms with Crippen LogP contribution in [0.2, 0.25) is 0 Å². The van der Waals surface area contributed by atoms with Crippen molar-refractivity contribution in [1.29, 1.82) is 0 Å². The maximum Gasteiger partial charge on any atom is 0.248 e. The molecule has 0 fully saturated rings. The van der Waals surface area contributed by atoms with Crippen LogP contribution in [0, 0.1) is 11.3 Å². The van der Waals surface area contributed by atoms with E-state index >= 15 is 0 Å². The quantitative estimate of drug-likeness (QED) is 0.613. The van der Waals surface area contributed by atoms with E-state index in [1.807, 2.05) is 25.9 Å². The van der Waals surface area contributed by atoms with E-state index in [2.05, 4.69) is 27.4 Å². The van der Waals surface area contributed by atoms with Crippen molar-refractivity contribution in [1.82, 2.24) is 9.80 Å². The van der Waals surface area contributed by atoms with Crippen LogP contribution in [-0.2, 0) is 9.59 Å². The highest BCUT2D eigenvalue weighted by Crippen LogP contribution is 2.30. The Hall–Kier alpha value is -1.32. The number of hydrogen-bond acceptors (Lipinski definition) is 2. The zero-order valence-corrected chi connectivity index (χ0v) is 15.5. The Kier molecular flexibility index (Phi) is 8.43. The van der Waals surface area contributed by atoms with Gasteiger partial charge < -0.3 is 9.80 Å². The van der Waals surface area contributed by atoms with Gasteiger partial charge in [0.15, 0.2) is 0 Å². The topological polar surface area (TPSA) is 40.6 Å². The van der Waals surface area contributed by atoms with Gasteiger partial charge in [-0.05, 0) is 31.1 Å². The number of amides is 2. The summed E-state index contributed by atoms with van der Waals surface area (Å²) in [5.41, 5.74) is 0.715. The molecule has 0 saturated heterocycles. The van der Waals surface area contributed by atoms with E-state index in [9.17, 15) is 9.59 Å². The highest BCUT2D eigenvalue weighted by atomic mass is 16.2. The van der Waals surface area contributed by atoms with Crippen LogP contribution in [0.1, 0.15) is 53.9 Å². The average molecular weight is 310 g/mol. The van der Waals surface area contributed by atoms with Crippen molar-refractivity contribution in [3.05, 3.63) is 12.2 Å². The number of likely N-dealkylation sites (N-methyl/N-ethyl adjacent to an activating group) is 1. The largest absolute Gasteiger partial charge is 0.346 e. The van der Waals surface area contributed by atoms with Crippen molar-refractivity contribution in [2.24, 2.45) is 11.3 Å².